The molecule has 8 rings (SSSR count). The summed E-state index contributed by atoms with van der Waals surface area (Å²) in [5.41, 5.74) is 8.19. The highest BCUT2D eigenvalue weighted by Crippen LogP contribution is 2.56. The first-order valence-corrected chi connectivity index (χ1v) is 19.6. The fourth-order valence-corrected chi connectivity index (χ4v) is 9.88. The number of fused-ring (bicyclic) bond motifs is 4. The fraction of sp³-hybridized carbons (Fsp3) is 0.512. The van der Waals surface area contributed by atoms with Crippen LogP contribution in [-0.2, 0) is 40.0 Å². The molecule has 4 aliphatic rings. The molecule has 0 radical (unpaired) electrons. The second-order valence-electron chi connectivity index (χ2n) is 16.1. The third-order valence-electron chi connectivity index (χ3n) is 12.6. The summed E-state index contributed by atoms with van der Waals surface area (Å²) in [5.74, 6) is 1.12. The minimum atomic E-state index is -0.424. The van der Waals surface area contributed by atoms with Crippen molar-refractivity contribution in [3.63, 3.8) is 0 Å². The van der Waals surface area contributed by atoms with Crippen LogP contribution < -0.4 is 10.6 Å². The smallest absolute Gasteiger partial charge is 0.291 e. The van der Waals surface area contributed by atoms with E-state index in [9.17, 15) is 14.7 Å². The van der Waals surface area contributed by atoms with E-state index in [4.69, 9.17) is 21.6 Å². The summed E-state index contributed by atoms with van der Waals surface area (Å²) in [5, 5.41) is 16.4. The number of benzene rings is 2. The molecule has 12 heteroatoms. The fourth-order valence-electron chi connectivity index (χ4n) is 9.60. The van der Waals surface area contributed by atoms with Crippen LogP contribution in [0.5, 0.6) is 0 Å². The van der Waals surface area contributed by atoms with Gasteiger partial charge in [0.05, 0.1) is 28.2 Å². The van der Waals surface area contributed by atoms with Crippen molar-refractivity contribution in [2.75, 3.05) is 36.8 Å². The topological polar surface area (TPSA) is 121 Å². The summed E-state index contributed by atoms with van der Waals surface area (Å²) in [6.07, 6.45) is 9.56. The van der Waals surface area contributed by atoms with Crippen LogP contribution in [0.15, 0.2) is 36.4 Å². The first kappa shape index (κ1) is 36.0. The number of hydrogen-bond donors (Lipinski definition) is 3. The van der Waals surface area contributed by atoms with Crippen LogP contribution in [0.2, 0.25) is 5.02 Å². The van der Waals surface area contributed by atoms with Crippen LogP contribution in [0.4, 0.5) is 11.4 Å². The number of halogens is 1. The van der Waals surface area contributed by atoms with Crippen molar-refractivity contribution in [2.45, 2.75) is 84.4 Å². The van der Waals surface area contributed by atoms with Crippen molar-refractivity contribution >= 4 is 34.8 Å². The van der Waals surface area contributed by atoms with Crippen LogP contribution in [0.25, 0.3) is 11.1 Å². The molecule has 4 aromatic rings. The third-order valence-corrected chi connectivity index (χ3v) is 13.0. The van der Waals surface area contributed by atoms with Gasteiger partial charge in [-0.3, -0.25) is 19.4 Å². The van der Waals surface area contributed by atoms with Gasteiger partial charge in [0.2, 0.25) is 0 Å². The largest absolute Gasteiger partial charge is 0.392 e. The predicted octanol–water partition coefficient (Wildman–Crippen LogP) is 6.35. The molecule has 2 aromatic carbocycles. The van der Waals surface area contributed by atoms with E-state index < -0.39 is 6.10 Å². The van der Waals surface area contributed by atoms with Crippen molar-refractivity contribution in [3.8, 4) is 11.1 Å². The van der Waals surface area contributed by atoms with Gasteiger partial charge in [-0.15, -0.1) is 0 Å². The van der Waals surface area contributed by atoms with Crippen LogP contribution in [0.1, 0.15) is 95.0 Å². The molecular formula is C41H51ClN8O3. The van der Waals surface area contributed by atoms with Gasteiger partial charge in [0.1, 0.15) is 0 Å². The van der Waals surface area contributed by atoms with E-state index in [1.807, 2.05) is 60.5 Å². The Labute approximate surface area is 316 Å². The minimum absolute atomic E-state index is 0.293. The summed E-state index contributed by atoms with van der Waals surface area (Å²) >= 11 is 7.03. The Morgan fingerprint density at radius 3 is 2.06 bits per heavy atom. The number of imidazole rings is 2. The molecule has 4 heterocycles. The van der Waals surface area contributed by atoms with Crippen LogP contribution in [-0.4, -0.2) is 78.1 Å². The first-order valence-electron chi connectivity index (χ1n) is 19.2. The number of hydrogen-bond acceptors (Lipinski definition) is 7. The van der Waals surface area contributed by atoms with E-state index in [1.54, 1.807) is 13.0 Å². The van der Waals surface area contributed by atoms with Gasteiger partial charge in [0.25, 0.3) is 11.8 Å². The van der Waals surface area contributed by atoms with Gasteiger partial charge in [-0.1, -0.05) is 35.9 Å². The number of aliphatic hydroxyl groups excluding tert-OH is 1. The highest BCUT2D eigenvalue weighted by molar-refractivity contribution is 6.36. The maximum absolute atomic E-state index is 13.7. The number of aromatic nitrogens is 4. The predicted molar refractivity (Wildman–Crippen MR) is 207 cm³/mol. The molecule has 0 unspecified atom stereocenters. The van der Waals surface area contributed by atoms with Crippen molar-refractivity contribution in [3.05, 3.63) is 81.4 Å². The van der Waals surface area contributed by atoms with E-state index in [-0.39, 0.29) is 11.8 Å². The van der Waals surface area contributed by atoms with E-state index in [0.29, 0.717) is 46.6 Å². The lowest BCUT2D eigenvalue weighted by Crippen LogP contribution is -2.36. The molecule has 2 aliphatic carbocycles. The van der Waals surface area contributed by atoms with Crippen molar-refractivity contribution in [1.29, 1.82) is 0 Å². The summed E-state index contributed by atoms with van der Waals surface area (Å²) in [6.45, 7) is 8.59. The average Bonchev–Trinajstić information content (AvgIpc) is 3.91. The Kier molecular flexibility index (Phi) is 9.72. The lowest BCUT2D eigenvalue weighted by Gasteiger charge is -2.32. The van der Waals surface area contributed by atoms with E-state index in [0.717, 1.165) is 84.4 Å². The van der Waals surface area contributed by atoms with Gasteiger partial charge in [0.15, 0.2) is 11.6 Å². The molecule has 2 fully saturated rings. The standard InChI is InChI=1S/C41H51ClN8O3/c1-25(51)22-50-19-14-35-33(24-50)44-37(48(35)4)39(52)45-30-9-5-7-28(26(30)2)29-8-6-10-31(36(29)42)46-40(53)38-43-32-23-49(18-13-34(32)47(38)3)20-17-41-15-11-27(21-41)12-16-41/h5-10,25,27,51H,11-24H2,1-4H3,(H,45,52)(H,46,53)/t25-,27?,41?/m0/s1. The Hall–Kier alpha value is -4.03. The van der Waals surface area contributed by atoms with E-state index >= 15 is 0 Å². The maximum Gasteiger partial charge on any atom is 0.291 e. The highest BCUT2D eigenvalue weighted by Gasteiger charge is 2.44. The second-order valence-corrected chi connectivity index (χ2v) is 16.5. The van der Waals surface area contributed by atoms with Crippen LogP contribution in [0, 0.1) is 18.3 Å². The molecule has 280 valence electrons. The zero-order valence-electron chi connectivity index (χ0n) is 31.3. The SMILES string of the molecule is Cc1c(NC(=O)c2nc3c(n2C)CCN(C[C@H](C)O)C3)cccc1-c1cccc(NC(=O)c2nc3c(n2C)CCN(CCC24CCC(CC2)C4)C3)c1Cl. The summed E-state index contributed by atoms with van der Waals surface area (Å²) < 4.78 is 3.82. The molecule has 0 saturated heterocycles. The van der Waals surface area contributed by atoms with Crippen LogP contribution >= 0.6 is 11.6 Å². The molecule has 53 heavy (non-hydrogen) atoms. The lowest BCUT2D eigenvalue weighted by molar-refractivity contribution is 0.100. The number of anilines is 2. The Morgan fingerprint density at radius 1 is 0.887 bits per heavy atom. The monoisotopic (exact) mass is 738 g/mol. The third kappa shape index (κ3) is 6.93. The van der Waals surface area contributed by atoms with Gasteiger partial charge < -0.3 is 24.9 Å². The molecule has 2 amide bonds. The summed E-state index contributed by atoms with van der Waals surface area (Å²) in [4.78, 5) is 41.6. The number of carbonyl (C=O) groups is 2. The number of aliphatic hydroxyl groups is 1. The Morgan fingerprint density at radius 2 is 1.45 bits per heavy atom. The quantitative estimate of drug-likeness (QED) is 0.173. The van der Waals surface area contributed by atoms with Crippen molar-refractivity contribution in [1.82, 2.24) is 28.9 Å². The first-order chi connectivity index (χ1) is 25.5. The van der Waals surface area contributed by atoms with Gasteiger partial charge in [-0.05, 0) is 93.5 Å². The lowest BCUT2D eigenvalue weighted by atomic mass is 9.81. The summed E-state index contributed by atoms with van der Waals surface area (Å²) in [6, 6.07) is 11.3. The molecule has 11 nitrogen and oxygen atoms in total. The molecular weight excluding hydrogens is 688 g/mol. The number of carbonyl (C=O) groups excluding carboxylic acids is 2. The molecule has 2 aliphatic heterocycles. The molecule has 1 atom stereocenters. The zero-order chi connectivity index (χ0) is 37.0. The normalized spacial score (nSPS) is 21.7. The molecule has 0 spiro atoms. The summed E-state index contributed by atoms with van der Waals surface area (Å²) in [7, 11) is 3.81. The number of nitrogens with zero attached hydrogens (tertiary/aromatic N) is 6. The molecule has 3 N–H and O–H groups in total. The number of amides is 2. The van der Waals surface area contributed by atoms with E-state index in [2.05, 4.69) is 20.4 Å². The Balaban J connectivity index is 0.953. The average molecular weight is 739 g/mol. The van der Waals surface area contributed by atoms with Crippen molar-refractivity contribution < 1.29 is 14.7 Å². The van der Waals surface area contributed by atoms with Gasteiger partial charge >= 0.3 is 0 Å². The maximum atomic E-state index is 13.7. The Bertz CT molecular complexity index is 2060. The van der Waals surface area contributed by atoms with Gasteiger partial charge in [0, 0.05) is 82.3 Å². The van der Waals surface area contributed by atoms with Gasteiger partial charge in [-0.25, -0.2) is 9.97 Å². The van der Waals surface area contributed by atoms with E-state index in [1.165, 1.54) is 38.5 Å². The molecule has 2 saturated carbocycles. The molecule has 2 aromatic heterocycles. The van der Waals surface area contributed by atoms with Crippen LogP contribution in [0.3, 0.4) is 0 Å². The number of β-amino-alcohol motifs (C(OH)–C–C–N with tert-alkyl or cyclic N) is 1. The van der Waals surface area contributed by atoms with Crippen molar-refractivity contribution in [2.24, 2.45) is 25.4 Å². The van der Waals surface area contributed by atoms with Gasteiger partial charge in [-0.2, -0.15) is 0 Å². The highest BCUT2D eigenvalue weighted by atomic mass is 35.5. The second kappa shape index (κ2) is 14.3. The number of rotatable bonds is 10. The minimum Gasteiger partial charge on any atom is -0.392 e. The zero-order valence-corrected chi connectivity index (χ0v) is 32.1. The number of nitrogens with one attached hydrogen (secondary N) is 2. The molecule has 2 bridgehead atoms.